The first-order valence-corrected chi connectivity index (χ1v) is 10.3. The smallest absolute Gasteiger partial charge is 0.404 e. The zero-order valence-electron chi connectivity index (χ0n) is 17.8. The molecule has 1 heterocycles. The van der Waals surface area contributed by atoms with Crippen LogP contribution in [0.15, 0.2) is 45.8 Å². The van der Waals surface area contributed by atoms with Gasteiger partial charge in [-0.1, -0.05) is 30.7 Å². The Morgan fingerprint density at radius 3 is 2.61 bits per heavy atom. The van der Waals surface area contributed by atoms with E-state index >= 15 is 0 Å². The summed E-state index contributed by atoms with van der Waals surface area (Å²) in [6, 6.07) is 1.79. The number of hydrogen-bond acceptors (Lipinski definition) is 4. The van der Waals surface area contributed by atoms with Crippen molar-refractivity contribution < 1.29 is 22.7 Å². The lowest BCUT2D eigenvalue weighted by molar-refractivity contribution is -0.302. The van der Waals surface area contributed by atoms with Gasteiger partial charge in [0.15, 0.2) is 5.76 Å². The Kier molecular flexibility index (Phi) is 8.50. The number of rotatable bonds is 9. The third kappa shape index (κ3) is 7.57. The van der Waals surface area contributed by atoms with Crippen molar-refractivity contribution in [2.45, 2.75) is 59.2 Å². The highest BCUT2D eigenvalue weighted by Gasteiger charge is 2.33. The van der Waals surface area contributed by atoms with E-state index < -0.39 is 18.0 Å². The monoisotopic (exact) mass is 458 g/mol. The number of H-pyrrole nitrogens is 1. The number of nitrogens with one attached hydrogen (secondary N) is 2. The molecule has 6 nitrogen and oxygen atoms in total. The standard InChI is InChI=1S/C21H26ClF3N4O2/c1-5-14(22)10-18(31-21(23,24)25)16(7-3)26-15(6-2)12(4)20(30)27-19-11-17(28-29-19)13-8-9-13/h5-6,10-13H,7-9H2,1-4H3,(H2,27,28,29,30)/b14-5+,15-6-,18-10+,26-16+. The summed E-state index contributed by atoms with van der Waals surface area (Å²) in [5.41, 5.74) is 1.22. The maximum absolute atomic E-state index is 12.9. The highest BCUT2D eigenvalue weighted by atomic mass is 35.5. The lowest BCUT2D eigenvalue weighted by Crippen LogP contribution is -2.23. The number of allylic oxidation sites excluding steroid dienone is 5. The molecule has 10 heteroatoms. The van der Waals surface area contributed by atoms with Gasteiger partial charge in [0, 0.05) is 28.8 Å². The van der Waals surface area contributed by atoms with Crippen LogP contribution in [0.5, 0.6) is 0 Å². The highest BCUT2D eigenvalue weighted by molar-refractivity contribution is 6.31. The summed E-state index contributed by atoms with van der Waals surface area (Å²) in [6.07, 6.45) is 1.45. The van der Waals surface area contributed by atoms with Crippen LogP contribution in [0, 0.1) is 5.92 Å². The van der Waals surface area contributed by atoms with Gasteiger partial charge >= 0.3 is 6.36 Å². The quantitative estimate of drug-likeness (QED) is 0.263. The summed E-state index contributed by atoms with van der Waals surface area (Å²) in [5.74, 6) is -0.719. The van der Waals surface area contributed by atoms with Crippen LogP contribution in [0.2, 0.25) is 0 Å². The fourth-order valence-corrected chi connectivity index (χ4v) is 2.84. The molecule has 0 spiro atoms. The van der Waals surface area contributed by atoms with Crippen LogP contribution >= 0.6 is 11.6 Å². The Hall–Kier alpha value is -2.55. The maximum Gasteiger partial charge on any atom is 0.573 e. The molecule has 170 valence electrons. The van der Waals surface area contributed by atoms with Crippen molar-refractivity contribution in [1.82, 2.24) is 10.2 Å². The number of anilines is 1. The molecule has 1 saturated carbocycles. The van der Waals surface area contributed by atoms with E-state index in [-0.39, 0.29) is 23.1 Å². The van der Waals surface area contributed by atoms with Gasteiger partial charge in [-0.05, 0) is 40.0 Å². The highest BCUT2D eigenvalue weighted by Crippen LogP contribution is 2.39. The number of amides is 1. The number of alkyl halides is 3. The van der Waals surface area contributed by atoms with Gasteiger partial charge in [-0.2, -0.15) is 5.10 Å². The molecule has 1 unspecified atom stereocenters. The van der Waals surface area contributed by atoms with E-state index in [0.29, 0.717) is 17.4 Å². The van der Waals surface area contributed by atoms with Crippen molar-refractivity contribution in [2.24, 2.45) is 10.9 Å². The zero-order chi connectivity index (χ0) is 23.2. The molecule has 1 aromatic heterocycles. The van der Waals surface area contributed by atoms with Crippen LogP contribution in [0.4, 0.5) is 19.0 Å². The van der Waals surface area contributed by atoms with Crippen LogP contribution < -0.4 is 5.32 Å². The molecule has 1 fully saturated rings. The second-order valence-corrected chi connectivity index (χ2v) is 7.48. The molecule has 2 N–H and O–H groups in total. The minimum Gasteiger partial charge on any atom is -0.404 e. The maximum atomic E-state index is 12.9. The number of carbonyl (C=O) groups is 1. The van der Waals surface area contributed by atoms with Crippen molar-refractivity contribution in [2.75, 3.05) is 5.32 Å². The summed E-state index contributed by atoms with van der Waals surface area (Å²) in [5, 5.41) is 9.77. The normalized spacial score (nSPS) is 17.5. The SMILES string of the molecule is C\C=C(/N=C(CC)/C(=C\C(Cl)=C/C)OC(F)(F)F)C(C)C(=O)Nc1cc(C2CC2)n[nH]1. The molecule has 0 aromatic carbocycles. The largest absolute Gasteiger partial charge is 0.573 e. The number of halogens is 4. The number of hydrogen-bond donors (Lipinski definition) is 2. The molecule has 2 rings (SSSR count). The molecule has 1 aromatic rings. The van der Waals surface area contributed by atoms with Gasteiger partial charge in [-0.3, -0.25) is 14.9 Å². The lowest BCUT2D eigenvalue weighted by atomic mass is 10.1. The Balaban J connectivity index is 2.23. The van der Waals surface area contributed by atoms with Crippen molar-refractivity contribution in [1.29, 1.82) is 0 Å². The van der Waals surface area contributed by atoms with E-state index in [1.165, 1.54) is 6.08 Å². The molecule has 0 bridgehead atoms. The van der Waals surface area contributed by atoms with Gasteiger partial charge in [0.2, 0.25) is 5.91 Å². The third-order valence-corrected chi connectivity index (χ3v) is 4.97. The summed E-state index contributed by atoms with van der Waals surface area (Å²) < 4.78 is 42.8. The minimum absolute atomic E-state index is 0.0163. The van der Waals surface area contributed by atoms with E-state index in [4.69, 9.17) is 11.6 Å². The topological polar surface area (TPSA) is 79.4 Å². The fourth-order valence-electron chi connectivity index (χ4n) is 2.75. The number of aromatic nitrogens is 2. The van der Waals surface area contributed by atoms with Crippen molar-refractivity contribution in [3.8, 4) is 0 Å². The molecule has 1 aliphatic rings. The minimum atomic E-state index is -4.91. The second kappa shape index (κ2) is 10.7. The predicted octanol–water partition coefficient (Wildman–Crippen LogP) is 6.18. The number of ether oxygens (including phenoxy) is 1. The number of aliphatic imine (C=N–C) groups is 1. The summed E-state index contributed by atoms with van der Waals surface area (Å²) in [7, 11) is 0. The first-order chi connectivity index (χ1) is 14.6. The fraction of sp³-hybridized carbons (Fsp3) is 0.476. The van der Waals surface area contributed by atoms with Gasteiger partial charge in [-0.15, -0.1) is 13.2 Å². The molecule has 31 heavy (non-hydrogen) atoms. The summed E-state index contributed by atoms with van der Waals surface area (Å²) >= 11 is 5.89. The first-order valence-electron chi connectivity index (χ1n) is 9.97. The van der Waals surface area contributed by atoms with Gasteiger partial charge in [0.1, 0.15) is 5.82 Å². The van der Waals surface area contributed by atoms with Gasteiger partial charge in [0.25, 0.3) is 0 Å². The Bertz CT molecular complexity index is 912. The van der Waals surface area contributed by atoms with Crippen LogP contribution in [-0.2, 0) is 9.53 Å². The summed E-state index contributed by atoms with van der Waals surface area (Å²) in [4.78, 5) is 17.0. The first kappa shape index (κ1) is 24.7. The van der Waals surface area contributed by atoms with Crippen LogP contribution in [-0.4, -0.2) is 28.2 Å². The van der Waals surface area contributed by atoms with E-state index in [0.717, 1.165) is 24.6 Å². The molecule has 1 amide bonds. The van der Waals surface area contributed by atoms with Crippen LogP contribution in [0.25, 0.3) is 0 Å². The average molecular weight is 459 g/mol. The van der Waals surface area contributed by atoms with Crippen molar-refractivity contribution in [3.63, 3.8) is 0 Å². The third-order valence-electron chi connectivity index (χ3n) is 4.64. The second-order valence-electron chi connectivity index (χ2n) is 7.05. The average Bonchev–Trinajstić information content (AvgIpc) is 3.46. The molecule has 1 atom stereocenters. The Labute approximate surface area is 184 Å². The summed E-state index contributed by atoms with van der Waals surface area (Å²) in [6.45, 7) is 6.50. The molecule has 0 saturated heterocycles. The van der Waals surface area contributed by atoms with E-state index in [1.54, 1.807) is 39.8 Å². The number of nitrogens with zero attached hydrogens (tertiary/aromatic N) is 2. The lowest BCUT2D eigenvalue weighted by Gasteiger charge is -2.17. The van der Waals surface area contributed by atoms with Gasteiger partial charge < -0.3 is 10.1 Å². The van der Waals surface area contributed by atoms with Crippen molar-refractivity contribution >= 4 is 29.0 Å². The number of aromatic amines is 1. The molecule has 0 aliphatic heterocycles. The predicted molar refractivity (Wildman–Crippen MR) is 115 cm³/mol. The molecular weight excluding hydrogens is 433 g/mol. The Morgan fingerprint density at radius 1 is 1.42 bits per heavy atom. The number of carbonyl (C=O) groups excluding carboxylic acids is 1. The van der Waals surface area contributed by atoms with E-state index in [9.17, 15) is 18.0 Å². The molecular formula is C21H26ClF3N4O2. The van der Waals surface area contributed by atoms with E-state index in [1.807, 2.05) is 0 Å². The van der Waals surface area contributed by atoms with Gasteiger partial charge in [-0.25, -0.2) is 0 Å². The van der Waals surface area contributed by atoms with Crippen LogP contribution in [0.3, 0.4) is 0 Å². The molecule has 1 aliphatic carbocycles. The van der Waals surface area contributed by atoms with Crippen molar-refractivity contribution in [3.05, 3.63) is 46.5 Å². The zero-order valence-corrected chi connectivity index (χ0v) is 18.6. The van der Waals surface area contributed by atoms with E-state index in [2.05, 4.69) is 25.2 Å². The Morgan fingerprint density at radius 2 is 2.10 bits per heavy atom. The molecule has 0 radical (unpaired) electrons. The van der Waals surface area contributed by atoms with Crippen LogP contribution in [0.1, 0.15) is 58.6 Å². The van der Waals surface area contributed by atoms with Gasteiger partial charge in [0.05, 0.1) is 17.3 Å².